The maximum absolute atomic E-state index is 12.4. The van der Waals surface area contributed by atoms with E-state index < -0.39 is 0 Å². The van der Waals surface area contributed by atoms with Crippen molar-refractivity contribution in [3.63, 3.8) is 0 Å². The van der Waals surface area contributed by atoms with Crippen molar-refractivity contribution in [3.05, 3.63) is 56.7 Å². The zero-order valence-electron chi connectivity index (χ0n) is 15.1. The van der Waals surface area contributed by atoms with E-state index in [0.29, 0.717) is 11.2 Å². The van der Waals surface area contributed by atoms with Crippen molar-refractivity contribution < 1.29 is 0 Å². The summed E-state index contributed by atoms with van der Waals surface area (Å²) in [4.78, 5) is 32.0. The summed E-state index contributed by atoms with van der Waals surface area (Å²) in [5.41, 5.74) is 2.05. The van der Waals surface area contributed by atoms with E-state index in [9.17, 15) is 4.79 Å². The fourth-order valence-corrected chi connectivity index (χ4v) is 6.12. The lowest BCUT2D eigenvalue weighted by Gasteiger charge is -2.12. The van der Waals surface area contributed by atoms with Crippen molar-refractivity contribution in [2.75, 3.05) is 0 Å². The van der Waals surface area contributed by atoms with Gasteiger partial charge < -0.3 is 4.98 Å². The average Bonchev–Trinajstić information content (AvgIpc) is 3.22. The van der Waals surface area contributed by atoms with Crippen LogP contribution in [0.1, 0.15) is 40.7 Å². The molecule has 1 N–H and O–H groups in total. The highest BCUT2D eigenvalue weighted by atomic mass is 32.2. The predicted octanol–water partition coefficient (Wildman–Crippen LogP) is 4.58. The number of para-hydroxylation sites is 1. The molecule has 27 heavy (non-hydrogen) atoms. The minimum Gasteiger partial charge on any atom is -0.309 e. The summed E-state index contributed by atoms with van der Waals surface area (Å²) in [6, 6.07) is 7.44. The van der Waals surface area contributed by atoms with Crippen LogP contribution in [0.3, 0.4) is 0 Å². The zero-order chi connectivity index (χ0) is 18.5. The van der Waals surface area contributed by atoms with Gasteiger partial charge in [-0.05, 0) is 50.8 Å². The summed E-state index contributed by atoms with van der Waals surface area (Å²) < 4.78 is 0. The van der Waals surface area contributed by atoms with Gasteiger partial charge in [0, 0.05) is 10.3 Å². The minimum absolute atomic E-state index is 0.0169. The van der Waals surface area contributed by atoms with Crippen LogP contribution in [0.4, 0.5) is 0 Å². The summed E-state index contributed by atoms with van der Waals surface area (Å²) in [6.07, 6.45) is 3.47. The Morgan fingerprint density at radius 2 is 2.04 bits per heavy atom. The van der Waals surface area contributed by atoms with E-state index in [1.165, 1.54) is 22.2 Å². The average molecular weight is 395 g/mol. The molecule has 0 unspecified atom stereocenters. The summed E-state index contributed by atoms with van der Waals surface area (Å²) >= 11 is 3.46. The molecule has 0 spiro atoms. The number of H-pyrrole nitrogens is 1. The minimum atomic E-state index is -0.0940. The molecule has 4 aromatic rings. The van der Waals surface area contributed by atoms with Gasteiger partial charge >= 0.3 is 0 Å². The lowest BCUT2D eigenvalue weighted by Crippen LogP contribution is -2.12. The van der Waals surface area contributed by atoms with E-state index in [2.05, 4.69) is 21.9 Å². The van der Waals surface area contributed by atoms with Crippen LogP contribution in [-0.4, -0.2) is 19.9 Å². The Hall–Kier alpha value is -2.25. The quantitative estimate of drug-likeness (QED) is 0.407. The molecular formula is C20H18N4OS2. The van der Waals surface area contributed by atoms with E-state index >= 15 is 0 Å². The first-order chi connectivity index (χ1) is 13.1. The number of fused-ring (bicyclic) bond motifs is 4. The first-order valence-electron chi connectivity index (χ1n) is 9.04. The standard InChI is InChI=1S/C20H18N4OS2/c1-10(17-23-14-8-4-3-6-12(14)18(25)24-17)26-19-16-13-7-5-9-15(13)27-20(16)22-11(2)21-19/h3-4,6,8,10H,5,7,9H2,1-2H3,(H,23,24,25)/t10-/m0/s1. The SMILES string of the molecule is Cc1nc(S[C@@H](C)c2nc3ccccc3c(=O)[nH]2)c2c3c(sc2n1)CCC3. The molecule has 0 saturated heterocycles. The molecule has 136 valence electrons. The topological polar surface area (TPSA) is 71.5 Å². The molecule has 1 aromatic carbocycles. The fraction of sp³-hybridized carbons (Fsp3) is 0.300. The van der Waals surface area contributed by atoms with Crippen LogP contribution in [0, 0.1) is 6.92 Å². The molecule has 1 atom stereocenters. The van der Waals surface area contributed by atoms with Gasteiger partial charge in [-0.25, -0.2) is 15.0 Å². The monoisotopic (exact) mass is 394 g/mol. The first-order valence-corrected chi connectivity index (χ1v) is 10.7. The Balaban J connectivity index is 1.58. The zero-order valence-corrected chi connectivity index (χ0v) is 16.7. The lowest BCUT2D eigenvalue weighted by atomic mass is 10.2. The summed E-state index contributed by atoms with van der Waals surface area (Å²) in [6.45, 7) is 4.00. The normalized spacial score (nSPS) is 14.7. The predicted molar refractivity (Wildman–Crippen MR) is 111 cm³/mol. The van der Waals surface area contributed by atoms with Crippen LogP contribution in [0.2, 0.25) is 0 Å². The third-order valence-electron chi connectivity index (χ3n) is 4.95. The molecule has 0 fully saturated rings. The second kappa shape index (κ2) is 6.42. The Bertz CT molecular complexity index is 1240. The third kappa shape index (κ3) is 2.85. The summed E-state index contributed by atoms with van der Waals surface area (Å²) in [5, 5.41) is 2.81. The van der Waals surface area contributed by atoms with Crippen molar-refractivity contribution >= 4 is 44.2 Å². The van der Waals surface area contributed by atoms with Gasteiger partial charge in [0.1, 0.15) is 21.5 Å². The third-order valence-corrected chi connectivity index (χ3v) is 7.23. The summed E-state index contributed by atoms with van der Waals surface area (Å²) in [7, 11) is 0. The molecule has 0 saturated carbocycles. The molecule has 5 rings (SSSR count). The Morgan fingerprint density at radius 1 is 1.19 bits per heavy atom. The number of thioether (sulfide) groups is 1. The number of nitrogens with one attached hydrogen (secondary N) is 1. The van der Waals surface area contributed by atoms with Crippen molar-refractivity contribution in [2.24, 2.45) is 0 Å². The molecule has 7 heteroatoms. The number of thiophene rings is 1. The van der Waals surface area contributed by atoms with Crippen LogP contribution in [0.25, 0.3) is 21.1 Å². The molecule has 1 aliphatic carbocycles. The van der Waals surface area contributed by atoms with Gasteiger partial charge in [-0.2, -0.15) is 0 Å². The highest BCUT2D eigenvalue weighted by Crippen LogP contribution is 2.43. The van der Waals surface area contributed by atoms with E-state index in [1.807, 2.05) is 25.1 Å². The van der Waals surface area contributed by atoms with Crippen molar-refractivity contribution in [1.29, 1.82) is 0 Å². The highest BCUT2D eigenvalue weighted by molar-refractivity contribution is 7.99. The van der Waals surface area contributed by atoms with Crippen LogP contribution in [-0.2, 0) is 12.8 Å². The first kappa shape index (κ1) is 16.9. The van der Waals surface area contributed by atoms with Crippen LogP contribution >= 0.6 is 23.1 Å². The Kier molecular flexibility index (Phi) is 4.02. The number of nitrogens with zero attached hydrogens (tertiary/aromatic N) is 3. The van der Waals surface area contributed by atoms with Crippen LogP contribution < -0.4 is 5.56 Å². The van der Waals surface area contributed by atoms with E-state index in [4.69, 9.17) is 4.98 Å². The van der Waals surface area contributed by atoms with Gasteiger partial charge in [-0.3, -0.25) is 4.79 Å². The van der Waals surface area contributed by atoms with E-state index in [1.54, 1.807) is 29.2 Å². The highest BCUT2D eigenvalue weighted by Gasteiger charge is 2.23. The van der Waals surface area contributed by atoms with Gasteiger partial charge in [0.05, 0.1) is 16.2 Å². The second-order valence-corrected chi connectivity index (χ2v) is 9.25. The fourth-order valence-electron chi connectivity index (χ4n) is 3.67. The van der Waals surface area contributed by atoms with Crippen molar-refractivity contribution in [1.82, 2.24) is 19.9 Å². The summed E-state index contributed by atoms with van der Waals surface area (Å²) in [5.74, 6) is 1.47. The molecule has 3 heterocycles. The number of aryl methyl sites for hydroxylation is 3. The largest absolute Gasteiger partial charge is 0.309 e. The van der Waals surface area contributed by atoms with Gasteiger partial charge in [0.15, 0.2) is 0 Å². The smallest absolute Gasteiger partial charge is 0.258 e. The second-order valence-electron chi connectivity index (χ2n) is 6.84. The molecule has 3 aromatic heterocycles. The number of hydrogen-bond donors (Lipinski definition) is 1. The molecule has 1 aliphatic rings. The number of rotatable bonds is 3. The van der Waals surface area contributed by atoms with Crippen LogP contribution in [0.15, 0.2) is 34.1 Å². The lowest BCUT2D eigenvalue weighted by molar-refractivity contribution is 0.908. The molecule has 0 bridgehead atoms. The number of hydrogen-bond acceptors (Lipinski definition) is 6. The van der Waals surface area contributed by atoms with Gasteiger partial charge in [-0.15, -0.1) is 11.3 Å². The van der Waals surface area contributed by atoms with Crippen molar-refractivity contribution in [3.8, 4) is 0 Å². The maximum Gasteiger partial charge on any atom is 0.258 e. The number of aromatic amines is 1. The van der Waals surface area contributed by atoms with Crippen molar-refractivity contribution in [2.45, 2.75) is 43.4 Å². The Labute approximate surface area is 164 Å². The number of benzene rings is 1. The van der Waals surface area contributed by atoms with Gasteiger partial charge in [-0.1, -0.05) is 23.9 Å². The van der Waals surface area contributed by atoms with Gasteiger partial charge in [0.2, 0.25) is 0 Å². The molecular weight excluding hydrogens is 376 g/mol. The molecule has 0 aliphatic heterocycles. The maximum atomic E-state index is 12.4. The van der Waals surface area contributed by atoms with E-state index in [-0.39, 0.29) is 10.8 Å². The van der Waals surface area contributed by atoms with Crippen LogP contribution in [0.5, 0.6) is 0 Å². The molecule has 0 amide bonds. The molecule has 5 nitrogen and oxygen atoms in total. The van der Waals surface area contributed by atoms with Gasteiger partial charge in [0.25, 0.3) is 5.56 Å². The Morgan fingerprint density at radius 3 is 2.93 bits per heavy atom. The number of aromatic nitrogens is 4. The van der Waals surface area contributed by atoms with E-state index in [0.717, 1.165) is 34.0 Å². The molecule has 0 radical (unpaired) electrons.